The summed E-state index contributed by atoms with van der Waals surface area (Å²) >= 11 is 0. The van der Waals surface area contributed by atoms with Crippen molar-refractivity contribution in [2.75, 3.05) is 0 Å². The summed E-state index contributed by atoms with van der Waals surface area (Å²) in [5.41, 5.74) is 4.47. The fraction of sp³-hybridized carbons (Fsp3) is 0. The topological polar surface area (TPSA) is 58.3 Å². The van der Waals surface area contributed by atoms with Crippen molar-refractivity contribution in [3.8, 4) is 17.2 Å². The Labute approximate surface area is 169 Å². The molecule has 2 N–H and O–H groups in total. The van der Waals surface area contributed by atoms with Crippen LogP contribution in [0.5, 0.6) is 11.5 Å². The van der Waals surface area contributed by atoms with Crippen LogP contribution in [0.3, 0.4) is 0 Å². The van der Waals surface area contributed by atoms with E-state index in [9.17, 15) is 10.2 Å². The first-order valence-electron chi connectivity index (χ1n) is 9.27. The molecule has 0 bridgehead atoms. The second-order valence-corrected chi connectivity index (χ2v) is 6.60. The molecule has 0 unspecified atom stereocenters. The van der Waals surface area contributed by atoms with Gasteiger partial charge >= 0.3 is 0 Å². The van der Waals surface area contributed by atoms with Crippen LogP contribution in [0.2, 0.25) is 0 Å². The van der Waals surface area contributed by atoms with Gasteiger partial charge in [0.05, 0.1) is 17.1 Å². The minimum atomic E-state index is 0.233. The molecule has 0 spiro atoms. The number of nitrogens with zero attached hydrogens (tertiary/aromatic N) is 2. The predicted molar refractivity (Wildman–Crippen MR) is 118 cm³/mol. The predicted octanol–water partition coefficient (Wildman–Crippen LogP) is 5.62. The van der Waals surface area contributed by atoms with Crippen molar-refractivity contribution in [2.24, 2.45) is 0 Å². The molecule has 29 heavy (non-hydrogen) atoms. The second-order valence-electron chi connectivity index (χ2n) is 6.60. The number of benzene rings is 3. The van der Waals surface area contributed by atoms with E-state index in [-0.39, 0.29) is 11.5 Å². The van der Waals surface area contributed by atoms with Crippen molar-refractivity contribution < 1.29 is 10.2 Å². The van der Waals surface area contributed by atoms with Gasteiger partial charge in [0.1, 0.15) is 11.5 Å². The fourth-order valence-corrected chi connectivity index (χ4v) is 3.01. The highest BCUT2D eigenvalue weighted by Gasteiger charge is 2.06. The van der Waals surface area contributed by atoms with E-state index in [0.29, 0.717) is 0 Å². The summed E-state index contributed by atoms with van der Waals surface area (Å²) in [6.45, 7) is 0. The van der Waals surface area contributed by atoms with E-state index in [0.717, 1.165) is 28.2 Å². The molecule has 1 heterocycles. The summed E-state index contributed by atoms with van der Waals surface area (Å²) in [5.74, 6) is 0.468. The highest BCUT2D eigenvalue weighted by atomic mass is 16.3. The van der Waals surface area contributed by atoms with Gasteiger partial charge in [-0.1, -0.05) is 54.6 Å². The molecule has 4 aromatic rings. The molecule has 3 aromatic carbocycles. The Balaban J connectivity index is 1.69. The van der Waals surface area contributed by atoms with Crippen LogP contribution in [0.1, 0.15) is 22.5 Å². The van der Waals surface area contributed by atoms with Crippen molar-refractivity contribution in [3.63, 3.8) is 0 Å². The van der Waals surface area contributed by atoms with Crippen molar-refractivity contribution in [2.45, 2.75) is 0 Å². The van der Waals surface area contributed by atoms with E-state index < -0.39 is 0 Å². The van der Waals surface area contributed by atoms with E-state index >= 15 is 0 Å². The molecule has 0 atom stereocenters. The van der Waals surface area contributed by atoms with Crippen LogP contribution in [0.15, 0.2) is 84.9 Å². The lowest BCUT2D eigenvalue weighted by atomic mass is 10.1. The first kappa shape index (κ1) is 18.3. The molecule has 0 amide bonds. The van der Waals surface area contributed by atoms with E-state index in [1.807, 2.05) is 83.6 Å². The molecule has 4 nitrogen and oxygen atoms in total. The maximum absolute atomic E-state index is 9.67. The van der Waals surface area contributed by atoms with Crippen molar-refractivity contribution in [3.05, 3.63) is 107 Å². The lowest BCUT2D eigenvalue weighted by Gasteiger charge is -2.04. The van der Waals surface area contributed by atoms with Gasteiger partial charge in [-0.05, 0) is 65.7 Å². The van der Waals surface area contributed by atoms with Gasteiger partial charge in [-0.15, -0.1) is 0 Å². The number of para-hydroxylation sites is 1. The fourth-order valence-electron chi connectivity index (χ4n) is 3.01. The minimum Gasteiger partial charge on any atom is -0.508 e. The van der Waals surface area contributed by atoms with Crippen LogP contribution in [-0.4, -0.2) is 20.0 Å². The second kappa shape index (κ2) is 8.31. The summed E-state index contributed by atoms with van der Waals surface area (Å²) in [6.07, 6.45) is 7.75. The zero-order valence-corrected chi connectivity index (χ0v) is 15.7. The van der Waals surface area contributed by atoms with Crippen LogP contribution in [-0.2, 0) is 0 Å². The molecule has 0 aliphatic heterocycles. The quantitative estimate of drug-likeness (QED) is 0.472. The third-order valence-electron chi connectivity index (χ3n) is 4.39. The van der Waals surface area contributed by atoms with Gasteiger partial charge in [-0.3, -0.25) is 0 Å². The molecule has 4 heteroatoms. The molecule has 0 radical (unpaired) electrons. The highest BCUT2D eigenvalue weighted by molar-refractivity contribution is 5.73. The van der Waals surface area contributed by atoms with Gasteiger partial charge in [0, 0.05) is 0 Å². The molecule has 0 aliphatic rings. The highest BCUT2D eigenvalue weighted by Crippen LogP contribution is 2.19. The molecule has 0 saturated carbocycles. The summed E-state index contributed by atoms with van der Waals surface area (Å²) in [7, 11) is 0. The van der Waals surface area contributed by atoms with E-state index in [2.05, 4.69) is 0 Å². The largest absolute Gasteiger partial charge is 0.508 e. The van der Waals surface area contributed by atoms with Crippen LogP contribution in [0.4, 0.5) is 0 Å². The summed E-state index contributed by atoms with van der Waals surface area (Å²) < 4.78 is 1.88. The lowest BCUT2D eigenvalue weighted by molar-refractivity contribution is 0.474. The maximum Gasteiger partial charge on any atom is 0.116 e. The van der Waals surface area contributed by atoms with Crippen LogP contribution >= 0.6 is 0 Å². The van der Waals surface area contributed by atoms with Crippen molar-refractivity contribution >= 4 is 24.3 Å². The Morgan fingerprint density at radius 2 is 1.24 bits per heavy atom. The van der Waals surface area contributed by atoms with Gasteiger partial charge in [-0.25, -0.2) is 4.68 Å². The number of aromatic hydroxyl groups is 2. The Kier molecular flexibility index (Phi) is 5.25. The van der Waals surface area contributed by atoms with Crippen LogP contribution in [0, 0.1) is 0 Å². The smallest absolute Gasteiger partial charge is 0.116 e. The SMILES string of the molecule is Oc1cccc(C=Cc2cc(C=Cc3cccc(O)c3)n(-c3ccccc3)n2)c1. The monoisotopic (exact) mass is 380 g/mol. The normalized spacial score (nSPS) is 11.4. The molecule has 0 fully saturated rings. The van der Waals surface area contributed by atoms with Gasteiger partial charge in [-0.2, -0.15) is 5.10 Å². The number of phenols is 2. The standard InChI is InChI=1S/C25H20N2O2/c28-24-10-4-6-19(16-24)12-14-21-18-23(15-13-20-7-5-11-25(29)17-20)27(26-21)22-8-2-1-3-9-22/h1-18,28-29H. The van der Waals surface area contributed by atoms with E-state index in [1.54, 1.807) is 30.3 Å². The Bertz CT molecular complexity index is 1170. The van der Waals surface area contributed by atoms with Gasteiger partial charge in [0.15, 0.2) is 0 Å². The molecule has 0 saturated heterocycles. The molecule has 142 valence electrons. The van der Waals surface area contributed by atoms with Gasteiger partial charge < -0.3 is 10.2 Å². The Morgan fingerprint density at radius 1 is 0.621 bits per heavy atom. The minimum absolute atomic E-state index is 0.233. The summed E-state index contributed by atoms with van der Waals surface area (Å²) in [4.78, 5) is 0. The first-order valence-corrected chi connectivity index (χ1v) is 9.27. The summed E-state index contributed by atoms with van der Waals surface area (Å²) in [5, 5.41) is 24.0. The average molecular weight is 380 g/mol. The van der Waals surface area contributed by atoms with E-state index in [4.69, 9.17) is 5.10 Å². The molecular formula is C25H20N2O2. The number of hydrogen-bond donors (Lipinski definition) is 2. The van der Waals surface area contributed by atoms with Crippen molar-refractivity contribution in [1.82, 2.24) is 9.78 Å². The third kappa shape index (κ3) is 4.62. The number of aromatic nitrogens is 2. The zero-order valence-electron chi connectivity index (χ0n) is 15.7. The Morgan fingerprint density at radius 3 is 1.86 bits per heavy atom. The zero-order chi connectivity index (χ0) is 20.1. The molecule has 0 aliphatic carbocycles. The lowest BCUT2D eigenvalue weighted by Crippen LogP contribution is -1.98. The molecular weight excluding hydrogens is 360 g/mol. The number of hydrogen-bond acceptors (Lipinski definition) is 3. The molecule has 1 aromatic heterocycles. The van der Waals surface area contributed by atoms with Crippen molar-refractivity contribution in [1.29, 1.82) is 0 Å². The third-order valence-corrected chi connectivity index (χ3v) is 4.39. The van der Waals surface area contributed by atoms with E-state index in [1.165, 1.54) is 0 Å². The molecule has 4 rings (SSSR count). The average Bonchev–Trinajstić information content (AvgIpc) is 3.15. The van der Waals surface area contributed by atoms with Crippen LogP contribution in [0.25, 0.3) is 30.0 Å². The first-order chi connectivity index (χ1) is 14.2. The number of rotatable bonds is 5. The Hall–Kier alpha value is -4.05. The number of phenolic OH excluding ortho intramolecular Hbond substituents is 2. The van der Waals surface area contributed by atoms with Gasteiger partial charge in [0.2, 0.25) is 0 Å². The maximum atomic E-state index is 9.67. The summed E-state index contributed by atoms with van der Waals surface area (Å²) in [6, 6.07) is 26.1. The van der Waals surface area contributed by atoms with Crippen LogP contribution < -0.4 is 0 Å². The van der Waals surface area contributed by atoms with Gasteiger partial charge in [0.25, 0.3) is 0 Å².